The lowest BCUT2D eigenvalue weighted by molar-refractivity contribution is 0.0837. The lowest BCUT2D eigenvalue weighted by atomic mass is 10.1. The maximum absolute atomic E-state index is 9.02. The Kier molecular flexibility index (Phi) is 5.40. The number of nitrogens with zero attached hydrogens (tertiary/aromatic N) is 3. The molecule has 0 bridgehead atoms. The second kappa shape index (κ2) is 7.28. The van der Waals surface area contributed by atoms with Crippen LogP contribution in [0.3, 0.4) is 0 Å². The molecule has 1 heterocycles. The molecular weight excluding hydrogens is 250 g/mol. The monoisotopic (exact) mass is 273 g/mol. The molecule has 0 N–H and O–H groups in total. The first-order valence-corrected chi connectivity index (χ1v) is 7.18. The van der Waals surface area contributed by atoms with E-state index in [9.17, 15) is 0 Å². The lowest BCUT2D eigenvalue weighted by Crippen LogP contribution is -2.50. The summed E-state index contributed by atoms with van der Waals surface area (Å²) in [5, 5.41) is 9.02. The molecular formula is C16H23N3O. The van der Waals surface area contributed by atoms with Crippen LogP contribution in [0.15, 0.2) is 24.3 Å². The summed E-state index contributed by atoms with van der Waals surface area (Å²) < 4.78 is 5.88. The molecule has 2 rings (SSSR count). The van der Waals surface area contributed by atoms with E-state index in [4.69, 9.17) is 10.00 Å². The molecule has 0 aromatic heterocycles. The van der Waals surface area contributed by atoms with Gasteiger partial charge in [0.1, 0.15) is 12.4 Å². The Hall–Kier alpha value is -1.57. The van der Waals surface area contributed by atoms with Crippen LogP contribution in [0.4, 0.5) is 0 Å². The van der Waals surface area contributed by atoms with E-state index in [1.54, 1.807) is 0 Å². The Balaban J connectivity index is 1.90. The number of piperazine rings is 1. The van der Waals surface area contributed by atoms with Crippen molar-refractivity contribution in [2.45, 2.75) is 19.4 Å². The van der Waals surface area contributed by atoms with Gasteiger partial charge in [-0.3, -0.25) is 4.90 Å². The molecule has 1 aromatic carbocycles. The molecule has 1 unspecified atom stereocenters. The highest BCUT2D eigenvalue weighted by Gasteiger charge is 2.22. The quantitative estimate of drug-likeness (QED) is 0.821. The summed E-state index contributed by atoms with van der Waals surface area (Å²) in [4.78, 5) is 4.69. The minimum Gasteiger partial charge on any atom is -0.492 e. The van der Waals surface area contributed by atoms with Gasteiger partial charge in [0.05, 0.1) is 18.5 Å². The largest absolute Gasteiger partial charge is 0.492 e. The molecule has 0 amide bonds. The van der Waals surface area contributed by atoms with Crippen molar-refractivity contribution in [3.05, 3.63) is 29.8 Å². The second-order valence-electron chi connectivity index (χ2n) is 5.48. The predicted octanol–water partition coefficient (Wildman–Crippen LogP) is 1.90. The third-order valence-electron chi connectivity index (χ3n) is 3.81. The average Bonchev–Trinajstić information content (AvgIpc) is 2.44. The maximum Gasteiger partial charge on any atom is 0.119 e. The van der Waals surface area contributed by atoms with E-state index < -0.39 is 0 Å². The second-order valence-corrected chi connectivity index (χ2v) is 5.48. The van der Waals surface area contributed by atoms with E-state index in [1.807, 2.05) is 18.2 Å². The number of aryl methyl sites for hydroxylation is 1. The molecule has 0 spiro atoms. The Morgan fingerprint density at radius 2 is 2.05 bits per heavy atom. The number of hydrogen-bond donors (Lipinski definition) is 0. The third kappa shape index (κ3) is 4.22. The Labute approximate surface area is 121 Å². The fourth-order valence-corrected chi connectivity index (χ4v) is 2.48. The molecule has 0 aliphatic carbocycles. The number of benzene rings is 1. The minimum absolute atomic E-state index is 0.189. The summed E-state index contributed by atoms with van der Waals surface area (Å²) in [6, 6.07) is 10.5. The SMILES string of the molecule is Cc1cccc(OCC(CC#N)N2CCN(C)CC2)c1. The first-order chi connectivity index (χ1) is 9.69. The van der Waals surface area contributed by atoms with E-state index in [2.05, 4.69) is 35.9 Å². The van der Waals surface area contributed by atoms with E-state index in [0.29, 0.717) is 13.0 Å². The van der Waals surface area contributed by atoms with E-state index in [1.165, 1.54) is 5.56 Å². The fraction of sp³-hybridized carbons (Fsp3) is 0.562. The molecule has 1 aliphatic rings. The molecule has 1 fully saturated rings. The van der Waals surface area contributed by atoms with Crippen molar-refractivity contribution in [3.63, 3.8) is 0 Å². The van der Waals surface area contributed by atoms with Gasteiger partial charge in [-0.2, -0.15) is 5.26 Å². The van der Waals surface area contributed by atoms with E-state index in [-0.39, 0.29) is 6.04 Å². The third-order valence-corrected chi connectivity index (χ3v) is 3.81. The summed E-state index contributed by atoms with van der Waals surface area (Å²) in [5.74, 6) is 0.891. The number of nitriles is 1. The minimum atomic E-state index is 0.189. The first kappa shape index (κ1) is 14.8. The Morgan fingerprint density at radius 3 is 2.70 bits per heavy atom. The number of rotatable bonds is 5. The molecule has 4 heteroatoms. The summed E-state index contributed by atoms with van der Waals surface area (Å²) in [6.45, 7) is 6.79. The molecule has 1 aromatic rings. The van der Waals surface area contributed by atoms with Crippen molar-refractivity contribution in [3.8, 4) is 11.8 Å². The smallest absolute Gasteiger partial charge is 0.119 e. The zero-order chi connectivity index (χ0) is 14.4. The van der Waals surface area contributed by atoms with Gasteiger partial charge < -0.3 is 9.64 Å². The Morgan fingerprint density at radius 1 is 1.30 bits per heavy atom. The van der Waals surface area contributed by atoms with E-state index in [0.717, 1.165) is 31.9 Å². The summed E-state index contributed by atoms with van der Waals surface area (Å²) in [5.41, 5.74) is 1.19. The van der Waals surface area contributed by atoms with Gasteiger partial charge in [-0.05, 0) is 31.7 Å². The molecule has 4 nitrogen and oxygen atoms in total. The summed E-state index contributed by atoms with van der Waals surface area (Å²) >= 11 is 0. The zero-order valence-electron chi connectivity index (χ0n) is 12.4. The van der Waals surface area contributed by atoms with Crippen molar-refractivity contribution in [1.29, 1.82) is 5.26 Å². The standard InChI is InChI=1S/C16H23N3O/c1-14-4-3-5-16(12-14)20-13-15(6-7-17)19-10-8-18(2)9-11-19/h3-5,12,15H,6,8-11,13H2,1-2H3. The van der Waals surface area contributed by atoms with Crippen molar-refractivity contribution >= 4 is 0 Å². The molecule has 0 saturated carbocycles. The van der Waals surface area contributed by atoms with Gasteiger partial charge in [0.15, 0.2) is 0 Å². The highest BCUT2D eigenvalue weighted by molar-refractivity contribution is 5.27. The number of likely N-dealkylation sites (N-methyl/N-ethyl adjacent to an activating group) is 1. The summed E-state index contributed by atoms with van der Waals surface area (Å²) in [7, 11) is 2.14. The molecule has 20 heavy (non-hydrogen) atoms. The van der Waals surface area contributed by atoms with Gasteiger partial charge >= 0.3 is 0 Å². The molecule has 108 valence electrons. The lowest BCUT2D eigenvalue weighted by Gasteiger charge is -2.36. The number of hydrogen-bond acceptors (Lipinski definition) is 4. The van der Waals surface area contributed by atoms with E-state index >= 15 is 0 Å². The molecule has 1 aliphatic heterocycles. The van der Waals surface area contributed by atoms with Crippen LogP contribution in [0.5, 0.6) is 5.75 Å². The van der Waals surface area contributed by atoms with Gasteiger partial charge in [-0.1, -0.05) is 12.1 Å². The number of ether oxygens (including phenoxy) is 1. The zero-order valence-corrected chi connectivity index (χ0v) is 12.4. The Bertz CT molecular complexity index is 461. The van der Waals surface area contributed by atoms with Crippen LogP contribution in [0.25, 0.3) is 0 Å². The van der Waals surface area contributed by atoms with Gasteiger partial charge in [-0.15, -0.1) is 0 Å². The molecule has 0 radical (unpaired) electrons. The highest BCUT2D eigenvalue weighted by atomic mass is 16.5. The van der Waals surface area contributed by atoms with Gasteiger partial charge in [0, 0.05) is 26.2 Å². The average molecular weight is 273 g/mol. The maximum atomic E-state index is 9.02. The van der Waals surface area contributed by atoms with Crippen molar-refractivity contribution in [2.24, 2.45) is 0 Å². The first-order valence-electron chi connectivity index (χ1n) is 7.18. The predicted molar refractivity (Wildman–Crippen MR) is 79.8 cm³/mol. The normalized spacial score (nSPS) is 18.4. The van der Waals surface area contributed by atoms with Crippen molar-refractivity contribution in [2.75, 3.05) is 39.8 Å². The van der Waals surface area contributed by atoms with Crippen molar-refractivity contribution in [1.82, 2.24) is 9.80 Å². The van der Waals surface area contributed by atoms with Gasteiger partial charge in [0.2, 0.25) is 0 Å². The van der Waals surface area contributed by atoms with Crippen LogP contribution in [0.1, 0.15) is 12.0 Å². The van der Waals surface area contributed by atoms with Crippen LogP contribution < -0.4 is 4.74 Å². The highest BCUT2D eigenvalue weighted by Crippen LogP contribution is 2.15. The van der Waals surface area contributed by atoms with Crippen LogP contribution in [-0.2, 0) is 0 Å². The molecule has 1 atom stereocenters. The van der Waals surface area contributed by atoms with Crippen LogP contribution in [0.2, 0.25) is 0 Å². The topological polar surface area (TPSA) is 39.5 Å². The van der Waals surface area contributed by atoms with Gasteiger partial charge in [0.25, 0.3) is 0 Å². The molecule has 1 saturated heterocycles. The van der Waals surface area contributed by atoms with Crippen LogP contribution in [-0.4, -0.2) is 55.7 Å². The fourth-order valence-electron chi connectivity index (χ4n) is 2.48. The van der Waals surface area contributed by atoms with Gasteiger partial charge in [-0.25, -0.2) is 0 Å². The van der Waals surface area contributed by atoms with Crippen LogP contribution in [0, 0.1) is 18.3 Å². The van der Waals surface area contributed by atoms with Crippen LogP contribution >= 0.6 is 0 Å². The van der Waals surface area contributed by atoms with Crippen molar-refractivity contribution < 1.29 is 4.74 Å². The summed E-state index contributed by atoms with van der Waals surface area (Å²) in [6.07, 6.45) is 0.523.